The van der Waals surface area contributed by atoms with Crippen LogP contribution in [0.1, 0.15) is 32.8 Å². The Kier molecular flexibility index (Phi) is 6.22. The van der Waals surface area contributed by atoms with E-state index in [4.69, 9.17) is 9.73 Å². The number of amidine groups is 1. The number of carbonyl (C=O) groups is 1. The SMILES string of the molecule is COc1ccccc1C1=C(C)N=C2CCN(CC(=O)N3CCN(C(C)C)CC3)C[NH+]21. The highest BCUT2D eigenvalue weighted by atomic mass is 16.5. The van der Waals surface area contributed by atoms with E-state index in [1.54, 1.807) is 7.11 Å². The van der Waals surface area contributed by atoms with Crippen molar-refractivity contribution in [1.82, 2.24) is 14.7 Å². The molecule has 1 aromatic carbocycles. The summed E-state index contributed by atoms with van der Waals surface area (Å²) in [5.74, 6) is 2.28. The fourth-order valence-corrected chi connectivity index (χ4v) is 4.75. The molecule has 30 heavy (non-hydrogen) atoms. The number of piperazine rings is 1. The van der Waals surface area contributed by atoms with E-state index in [1.807, 2.05) is 23.1 Å². The zero-order chi connectivity index (χ0) is 21.3. The predicted octanol–water partition coefficient (Wildman–Crippen LogP) is 0.897. The first-order chi connectivity index (χ1) is 14.5. The first kappa shape index (κ1) is 21.0. The normalized spacial score (nSPS) is 23.0. The lowest BCUT2D eigenvalue weighted by Crippen LogP contribution is -3.14. The second kappa shape index (κ2) is 8.88. The maximum absolute atomic E-state index is 12.9. The van der Waals surface area contributed by atoms with Gasteiger partial charge in [0.15, 0.2) is 5.70 Å². The number of rotatable bonds is 5. The van der Waals surface area contributed by atoms with E-state index in [9.17, 15) is 4.79 Å². The number of aliphatic imine (C=N–C) groups is 1. The van der Waals surface area contributed by atoms with Crippen LogP contribution in [0.25, 0.3) is 5.70 Å². The lowest BCUT2D eigenvalue weighted by Gasteiger charge is -2.38. The molecule has 3 aliphatic heterocycles. The molecule has 0 aromatic heterocycles. The molecule has 1 aromatic rings. The van der Waals surface area contributed by atoms with Gasteiger partial charge in [-0.25, -0.2) is 9.80 Å². The van der Waals surface area contributed by atoms with Crippen LogP contribution in [0.15, 0.2) is 35.0 Å². The van der Waals surface area contributed by atoms with Gasteiger partial charge in [0, 0.05) is 38.8 Å². The molecule has 0 bridgehead atoms. The van der Waals surface area contributed by atoms with Gasteiger partial charge in [-0.15, -0.1) is 0 Å². The molecule has 3 heterocycles. The molecule has 162 valence electrons. The fraction of sp³-hybridized carbons (Fsp3) is 0.565. The smallest absolute Gasteiger partial charge is 0.237 e. The van der Waals surface area contributed by atoms with Gasteiger partial charge in [0.05, 0.1) is 25.6 Å². The van der Waals surface area contributed by atoms with Crippen molar-refractivity contribution in [2.45, 2.75) is 33.2 Å². The number of nitrogens with one attached hydrogen (secondary N) is 1. The number of carbonyl (C=O) groups excluding carboxylic acids is 1. The Balaban J connectivity index is 1.42. The number of hydrogen-bond donors (Lipinski definition) is 1. The van der Waals surface area contributed by atoms with E-state index in [1.165, 1.54) is 16.4 Å². The number of ether oxygens (including phenoxy) is 1. The van der Waals surface area contributed by atoms with Crippen molar-refractivity contribution in [2.75, 3.05) is 53.0 Å². The van der Waals surface area contributed by atoms with Crippen LogP contribution in [-0.2, 0) is 4.79 Å². The van der Waals surface area contributed by atoms with Gasteiger partial charge >= 0.3 is 0 Å². The Bertz CT molecular complexity index is 855. The minimum Gasteiger partial charge on any atom is -0.496 e. The maximum Gasteiger partial charge on any atom is 0.237 e. The van der Waals surface area contributed by atoms with Gasteiger partial charge in [-0.3, -0.25) is 9.69 Å². The molecule has 3 aliphatic rings. The summed E-state index contributed by atoms with van der Waals surface area (Å²) in [7, 11) is 1.71. The van der Waals surface area contributed by atoms with Gasteiger partial charge in [0.1, 0.15) is 18.1 Å². The van der Waals surface area contributed by atoms with E-state index in [-0.39, 0.29) is 5.91 Å². The Hall–Kier alpha value is -2.22. The molecule has 4 rings (SSSR count). The highest BCUT2D eigenvalue weighted by Gasteiger charge is 2.38. The average molecular weight is 413 g/mol. The predicted molar refractivity (Wildman–Crippen MR) is 118 cm³/mol. The van der Waals surface area contributed by atoms with Crippen molar-refractivity contribution in [3.63, 3.8) is 0 Å². The summed E-state index contributed by atoms with van der Waals surface area (Å²) in [6.45, 7) is 12.2. The second-order valence-electron chi connectivity index (χ2n) is 8.67. The largest absolute Gasteiger partial charge is 0.496 e. The Morgan fingerprint density at radius 1 is 1.17 bits per heavy atom. The molecule has 1 unspecified atom stereocenters. The number of benzene rings is 1. The highest BCUT2D eigenvalue weighted by molar-refractivity contribution is 5.87. The minimum atomic E-state index is 0.247. The third kappa shape index (κ3) is 4.15. The third-order valence-corrected chi connectivity index (χ3v) is 6.49. The minimum absolute atomic E-state index is 0.247. The molecule has 1 atom stereocenters. The molecule has 0 spiro atoms. The fourth-order valence-electron chi connectivity index (χ4n) is 4.75. The number of amides is 1. The van der Waals surface area contributed by atoms with E-state index >= 15 is 0 Å². The van der Waals surface area contributed by atoms with Crippen molar-refractivity contribution in [2.24, 2.45) is 4.99 Å². The lowest BCUT2D eigenvalue weighted by molar-refractivity contribution is -0.743. The molecule has 7 nitrogen and oxygen atoms in total. The summed E-state index contributed by atoms with van der Waals surface area (Å²) in [6, 6.07) is 8.67. The first-order valence-corrected chi connectivity index (χ1v) is 11.0. The molecular formula is C23H34N5O2+. The first-order valence-electron chi connectivity index (χ1n) is 11.0. The summed E-state index contributed by atoms with van der Waals surface area (Å²) in [5, 5.41) is 0. The van der Waals surface area contributed by atoms with Crippen molar-refractivity contribution in [1.29, 1.82) is 0 Å². The Morgan fingerprint density at radius 2 is 1.90 bits per heavy atom. The van der Waals surface area contributed by atoms with Gasteiger partial charge in [-0.2, -0.15) is 4.99 Å². The van der Waals surface area contributed by atoms with Gasteiger partial charge in [0.2, 0.25) is 11.7 Å². The summed E-state index contributed by atoms with van der Waals surface area (Å²) in [4.78, 5) is 25.8. The van der Waals surface area contributed by atoms with Crippen LogP contribution >= 0.6 is 0 Å². The molecule has 7 heteroatoms. The second-order valence-corrected chi connectivity index (χ2v) is 8.67. The summed E-state index contributed by atoms with van der Waals surface area (Å²) >= 11 is 0. The quantitative estimate of drug-likeness (QED) is 0.781. The van der Waals surface area contributed by atoms with E-state index in [0.29, 0.717) is 12.6 Å². The maximum atomic E-state index is 12.9. The zero-order valence-electron chi connectivity index (χ0n) is 18.6. The number of fused-ring (bicyclic) bond motifs is 1. The van der Waals surface area contributed by atoms with Crippen LogP contribution in [0.2, 0.25) is 0 Å². The molecule has 0 aliphatic carbocycles. The number of hydrogen-bond acceptors (Lipinski definition) is 5. The molecule has 0 saturated carbocycles. The van der Waals surface area contributed by atoms with E-state index in [0.717, 1.165) is 62.8 Å². The molecule has 1 amide bonds. The van der Waals surface area contributed by atoms with E-state index in [2.05, 4.69) is 36.6 Å². The number of allylic oxidation sites excluding steroid dienone is 1. The monoisotopic (exact) mass is 412 g/mol. The van der Waals surface area contributed by atoms with Crippen molar-refractivity contribution in [3.8, 4) is 5.75 Å². The van der Waals surface area contributed by atoms with Crippen LogP contribution in [0.3, 0.4) is 0 Å². The lowest BCUT2D eigenvalue weighted by atomic mass is 10.1. The zero-order valence-corrected chi connectivity index (χ0v) is 18.6. The number of para-hydroxylation sites is 1. The van der Waals surface area contributed by atoms with Crippen molar-refractivity contribution >= 4 is 17.4 Å². The van der Waals surface area contributed by atoms with Gasteiger partial charge < -0.3 is 9.64 Å². The van der Waals surface area contributed by atoms with Crippen LogP contribution in [-0.4, -0.2) is 85.5 Å². The number of nitrogens with zero attached hydrogens (tertiary/aromatic N) is 4. The summed E-state index contributed by atoms with van der Waals surface area (Å²) < 4.78 is 5.61. The van der Waals surface area contributed by atoms with Crippen LogP contribution in [0, 0.1) is 0 Å². The van der Waals surface area contributed by atoms with E-state index < -0.39 is 0 Å². The summed E-state index contributed by atoms with van der Waals surface area (Å²) in [5.41, 5.74) is 3.30. The number of quaternary nitrogens is 1. The molecule has 2 fully saturated rings. The van der Waals surface area contributed by atoms with Gasteiger partial charge in [0.25, 0.3) is 0 Å². The summed E-state index contributed by atoms with van der Waals surface area (Å²) in [6.07, 6.45) is 0.889. The third-order valence-electron chi connectivity index (χ3n) is 6.49. The molecule has 0 radical (unpaired) electrons. The average Bonchev–Trinajstić information content (AvgIpc) is 3.08. The molecular weight excluding hydrogens is 378 g/mol. The standard InChI is InChI=1S/C23H33N5O2/c1-17(2)26-11-13-27(14-12-26)22(29)15-25-10-9-21-24-18(3)23(28(21)16-25)19-7-5-6-8-20(19)30-4/h5-8,17H,9-16H2,1-4H3/p+1. The highest BCUT2D eigenvalue weighted by Crippen LogP contribution is 2.27. The van der Waals surface area contributed by atoms with Crippen LogP contribution < -0.4 is 9.64 Å². The molecule has 1 N–H and O–H groups in total. The van der Waals surface area contributed by atoms with Gasteiger partial charge in [-0.1, -0.05) is 12.1 Å². The van der Waals surface area contributed by atoms with Crippen molar-refractivity contribution in [3.05, 3.63) is 35.5 Å². The van der Waals surface area contributed by atoms with Crippen LogP contribution in [0.5, 0.6) is 5.75 Å². The number of methoxy groups -OCH3 is 1. The van der Waals surface area contributed by atoms with Crippen molar-refractivity contribution < 1.29 is 14.4 Å². The van der Waals surface area contributed by atoms with Crippen LogP contribution in [0.4, 0.5) is 0 Å². The Morgan fingerprint density at radius 3 is 2.60 bits per heavy atom. The molecule has 2 saturated heterocycles. The van der Waals surface area contributed by atoms with Gasteiger partial charge in [-0.05, 0) is 32.9 Å². The Labute approximate surface area is 179 Å². The topological polar surface area (TPSA) is 52.8 Å².